The van der Waals surface area contributed by atoms with Gasteiger partial charge in [-0.3, -0.25) is 4.79 Å². The highest BCUT2D eigenvalue weighted by Crippen LogP contribution is 2.14. The van der Waals surface area contributed by atoms with Crippen LogP contribution in [0.1, 0.15) is 0 Å². The van der Waals surface area contributed by atoms with Crippen LogP contribution in [0.2, 0.25) is 0 Å². The molecule has 0 atom stereocenters. The van der Waals surface area contributed by atoms with Gasteiger partial charge < -0.3 is 4.74 Å². The zero-order valence-corrected chi connectivity index (χ0v) is 10.2. The molecule has 0 aromatic carbocycles. The summed E-state index contributed by atoms with van der Waals surface area (Å²) in [4.78, 5) is 11.2. The summed E-state index contributed by atoms with van der Waals surface area (Å²) in [6, 6.07) is 1.34. The van der Waals surface area contributed by atoms with Gasteiger partial charge in [-0.2, -0.15) is 18.3 Å². The molecule has 0 bridgehead atoms. The molecule has 0 saturated carbocycles. The Bertz CT molecular complexity index is 405. The number of rotatable bonds is 4. The Morgan fingerprint density at radius 1 is 1.50 bits per heavy atom. The van der Waals surface area contributed by atoms with Gasteiger partial charge in [-0.05, 0) is 22.6 Å². The minimum absolute atomic E-state index is 0.00579. The van der Waals surface area contributed by atoms with Crippen LogP contribution in [-0.2, 0) is 11.3 Å². The molecule has 1 aromatic rings. The number of ether oxygens (including phenoxy) is 1. The standard InChI is InChI=1S/C8H8F3IN2O2/c9-8(10,11)5-16-2-1-14-7(15)3-6(12)4-13-14/h3-4H,1-2,5H2. The minimum Gasteiger partial charge on any atom is -0.370 e. The second-order valence-corrected chi connectivity index (χ2v) is 4.15. The van der Waals surface area contributed by atoms with Crippen molar-refractivity contribution in [3.8, 4) is 0 Å². The Kier molecular flexibility index (Phi) is 4.71. The Labute approximate surface area is 103 Å². The van der Waals surface area contributed by atoms with Crippen LogP contribution in [0.15, 0.2) is 17.1 Å². The van der Waals surface area contributed by atoms with E-state index in [-0.39, 0.29) is 18.7 Å². The van der Waals surface area contributed by atoms with Crippen LogP contribution in [0.5, 0.6) is 0 Å². The van der Waals surface area contributed by atoms with E-state index in [4.69, 9.17) is 0 Å². The molecule has 0 saturated heterocycles. The summed E-state index contributed by atoms with van der Waals surface area (Å²) in [6.07, 6.45) is -2.89. The number of hydrogen-bond acceptors (Lipinski definition) is 3. The summed E-state index contributed by atoms with van der Waals surface area (Å²) >= 11 is 1.92. The van der Waals surface area contributed by atoms with Crippen molar-refractivity contribution in [2.45, 2.75) is 12.7 Å². The van der Waals surface area contributed by atoms with Crippen LogP contribution in [0.3, 0.4) is 0 Å². The van der Waals surface area contributed by atoms with Gasteiger partial charge >= 0.3 is 6.18 Å². The molecule has 4 nitrogen and oxygen atoms in total. The highest BCUT2D eigenvalue weighted by atomic mass is 127. The molecule has 1 rings (SSSR count). The first-order valence-electron chi connectivity index (χ1n) is 4.26. The van der Waals surface area contributed by atoms with E-state index in [1.165, 1.54) is 12.3 Å². The predicted molar refractivity (Wildman–Crippen MR) is 58.1 cm³/mol. The molecular weight excluding hydrogens is 340 g/mol. The average Bonchev–Trinajstić information content (AvgIpc) is 2.13. The van der Waals surface area contributed by atoms with E-state index in [9.17, 15) is 18.0 Å². The third kappa shape index (κ3) is 4.92. The smallest absolute Gasteiger partial charge is 0.370 e. The maximum atomic E-state index is 11.7. The molecule has 0 amide bonds. The lowest BCUT2D eigenvalue weighted by Crippen LogP contribution is -2.26. The summed E-state index contributed by atoms with van der Waals surface area (Å²) in [5.74, 6) is 0. The number of halogens is 4. The maximum Gasteiger partial charge on any atom is 0.411 e. The molecule has 1 aromatic heterocycles. The Balaban J connectivity index is 2.41. The molecular formula is C8H8F3IN2O2. The monoisotopic (exact) mass is 348 g/mol. The molecule has 0 fully saturated rings. The van der Waals surface area contributed by atoms with Crippen molar-refractivity contribution in [3.63, 3.8) is 0 Å². The van der Waals surface area contributed by atoms with Crippen LogP contribution in [0.25, 0.3) is 0 Å². The summed E-state index contributed by atoms with van der Waals surface area (Å²) in [6.45, 7) is -1.51. The molecule has 0 aliphatic carbocycles. The Morgan fingerprint density at radius 2 is 2.19 bits per heavy atom. The van der Waals surface area contributed by atoms with E-state index in [2.05, 4.69) is 9.84 Å². The minimum atomic E-state index is -4.34. The molecule has 0 N–H and O–H groups in total. The normalized spacial score (nSPS) is 11.8. The van der Waals surface area contributed by atoms with Gasteiger partial charge in [0, 0.05) is 9.64 Å². The molecule has 0 unspecified atom stereocenters. The van der Waals surface area contributed by atoms with Gasteiger partial charge in [-0.15, -0.1) is 0 Å². The maximum absolute atomic E-state index is 11.7. The van der Waals surface area contributed by atoms with Crippen molar-refractivity contribution < 1.29 is 17.9 Å². The van der Waals surface area contributed by atoms with Crippen LogP contribution in [0, 0.1) is 3.57 Å². The van der Waals surface area contributed by atoms with E-state index in [0.717, 1.165) is 4.68 Å². The van der Waals surface area contributed by atoms with Crippen LogP contribution >= 0.6 is 22.6 Å². The van der Waals surface area contributed by atoms with Gasteiger partial charge in [0.2, 0.25) is 0 Å². The zero-order valence-electron chi connectivity index (χ0n) is 8.00. The largest absolute Gasteiger partial charge is 0.411 e. The third-order valence-electron chi connectivity index (χ3n) is 1.55. The van der Waals surface area contributed by atoms with E-state index in [1.807, 2.05) is 22.6 Å². The molecule has 16 heavy (non-hydrogen) atoms. The molecule has 0 radical (unpaired) electrons. The number of alkyl halides is 3. The summed E-state index contributed by atoms with van der Waals surface area (Å²) in [7, 11) is 0. The van der Waals surface area contributed by atoms with Gasteiger partial charge in [0.15, 0.2) is 0 Å². The fourth-order valence-corrected chi connectivity index (χ4v) is 1.31. The first kappa shape index (κ1) is 13.4. The molecule has 0 aliphatic rings. The van der Waals surface area contributed by atoms with Crippen molar-refractivity contribution in [1.29, 1.82) is 0 Å². The quantitative estimate of drug-likeness (QED) is 0.611. The van der Waals surface area contributed by atoms with Crippen molar-refractivity contribution in [2.24, 2.45) is 0 Å². The topological polar surface area (TPSA) is 44.1 Å². The zero-order chi connectivity index (χ0) is 12.2. The summed E-state index contributed by atoms with van der Waals surface area (Å²) < 4.78 is 41.2. The highest BCUT2D eigenvalue weighted by molar-refractivity contribution is 14.1. The van der Waals surface area contributed by atoms with E-state index < -0.39 is 12.8 Å². The average molecular weight is 348 g/mol. The number of nitrogens with zero attached hydrogens (tertiary/aromatic N) is 2. The first-order valence-corrected chi connectivity index (χ1v) is 5.33. The van der Waals surface area contributed by atoms with E-state index in [1.54, 1.807) is 0 Å². The van der Waals surface area contributed by atoms with Crippen LogP contribution in [0.4, 0.5) is 13.2 Å². The fraction of sp³-hybridized carbons (Fsp3) is 0.500. The Morgan fingerprint density at radius 3 is 2.75 bits per heavy atom. The predicted octanol–water partition coefficient (Wildman–Crippen LogP) is 1.43. The highest BCUT2D eigenvalue weighted by Gasteiger charge is 2.27. The molecule has 0 aliphatic heterocycles. The lowest BCUT2D eigenvalue weighted by atomic mass is 10.5. The van der Waals surface area contributed by atoms with Crippen LogP contribution in [-0.4, -0.2) is 29.2 Å². The number of aromatic nitrogens is 2. The van der Waals surface area contributed by atoms with Crippen molar-refractivity contribution >= 4 is 22.6 Å². The van der Waals surface area contributed by atoms with Gasteiger partial charge in [0.1, 0.15) is 6.61 Å². The first-order chi connectivity index (χ1) is 7.38. The second kappa shape index (κ2) is 5.62. The fourth-order valence-electron chi connectivity index (χ4n) is 0.918. The number of hydrogen-bond donors (Lipinski definition) is 0. The summed E-state index contributed by atoms with van der Waals surface area (Å²) in [5, 5.41) is 3.75. The molecule has 1 heterocycles. The van der Waals surface area contributed by atoms with Crippen molar-refractivity contribution in [3.05, 3.63) is 26.2 Å². The Hall–Kier alpha value is -0.640. The lowest BCUT2D eigenvalue weighted by Gasteiger charge is -2.08. The third-order valence-corrected chi connectivity index (χ3v) is 2.14. The molecule has 0 spiro atoms. The van der Waals surface area contributed by atoms with Gasteiger partial charge in [-0.25, -0.2) is 4.68 Å². The van der Waals surface area contributed by atoms with Gasteiger partial charge in [0.05, 0.1) is 19.3 Å². The summed E-state index contributed by atoms with van der Waals surface area (Å²) in [5.41, 5.74) is -0.359. The molecule has 8 heteroatoms. The lowest BCUT2D eigenvalue weighted by molar-refractivity contribution is -0.174. The second-order valence-electron chi connectivity index (χ2n) is 2.90. The van der Waals surface area contributed by atoms with Crippen molar-refractivity contribution in [2.75, 3.05) is 13.2 Å². The van der Waals surface area contributed by atoms with E-state index in [0.29, 0.717) is 3.57 Å². The van der Waals surface area contributed by atoms with E-state index >= 15 is 0 Å². The van der Waals surface area contributed by atoms with Crippen molar-refractivity contribution in [1.82, 2.24) is 9.78 Å². The van der Waals surface area contributed by atoms with Crippen LogP contribution < -0.4 is 5.56 Å². The molecule has 90 valence electrons. The SMILES string of the molecule is O=c1cc(I)cnn1CCOCC(F)(F)F. The van der Waals surface area contributed by atoms with Gasteiger partial charge in [-0.1, -0.05) is 0 Å². The van der Waals surface area contributed by atoms with Gasteiger partial charge in [0.25, 0.3) is 5.56 Å².